The number of anilines is 1. The third-order valence-electron chi connectivity index (χ3n) is 3.37. The van der Waals surface area contributed by atoms with Crippen LogP contribution in [0.2, 0.25) is 0 Å². The number of thiazole rings is 1. The van der Waals surface area contributed by atoms with E-state index in [1.165, 1.54) is 18.4 Å². The summed E-state index contributed by atoms with van der Waals surface area (Å²) in [5.74, 6) is -0.0140. The Morgan fingerprint density at radius 2 is 2.35 bits per heavy atom. The zero-order chi connectivity index (χ0) is 16.2. The standard InChI is InChI=1S/C15H15N3O3S2/c1-21-15(20)17-14-16-11-6-7-18(9-12(11)23-14)13(19)5-4-10-3-2-8-22-10/h2-5,8H,6-7,9H2,1H3,(H,16,17,20)/b5-4+. The summed E-state index contributed by atoms with van der Waals surface area (Å²) in [7, 11) is 1.31. The molecule has 0 atom stereocenters. The van der Waals surface area contributed by atoms with Crippen LogP contribution in [0.3, 0.4) is 0 Å². The summed E-state index contributed by atoms with van der Waals surface area (Å²) in [5, 5.41) is 5.05. The van der Waals surface area contributed by atoms with Crippen molar-refractivity contribution in [1.82, 2.24) is 9.88 Å². The smallest absolute Gasteiger partial charge is 0.413 e. The van der Waals surface area contributed by atoms with Crippen LogP contribution in [0.15, 0.2) is 23.6 Å². The molecule has 0 spiro atoms. The van der Waals surface area contributed by atoms with E-state index in [1.54, 1.807) is 22.3 Å². The highest BCUT2D eigenvalue weighted by Crippen LogP contribution is 2.28. The van der Waals surface area contributed by atoms with Gasteiger partial charge in [-0.3, -0.25) is 10.1 Å². The number of methoxy groups -OCH3 is 1. The minimum Gasteiger partial charge on any atom is -0.453 e. The van der Waals surface area contributed by atoms with Gasteiger partial charge in [-0.2, -0.15) is 0 Å². The molecule has 6 nitrogen and oxygen atoms in total. The van der Waals surface area contributed by atoms with E-state index in [2.05, 4.69) is 15.0 Å². The highest BCUT2D eigenvalue weighted by atomic mass is 32.1. The zero-order valence-electron chi connectivity index (χ0n) is 12.4. The van der Waals surface area contributed by atoms with E-state index < -0.39 is 6.09 Å². The molecule has 23 heavy (non-hydrogen) atoms. The first-order chi connectivity index (χ1) is 11.2. The lowest BCUT2D eigenvalue weighted by Gasteiger charge is -2.24. The summed E-state index contributed by atoms with van der Waals surface area (Å²) in [5.41, 5.74) is 0.938. The second-order valence-corrected chi connectivity index (χ2v) is 6.93. The van der Waals surface area contributed by atoms with Gasteiger partial charge in [-0.15, -0.1) is 11.3 Å². The van der Waals surface area contributed by atoms with Crippen LogP contribution in [0.5, 0.6) is 0 Å². The average Bonchev–Trinajstić information content (AvgIpc) is 3.20. The van der Waals surface area contributed by atoms with Crippen LogP contribution >= 0.6 is 22.7 Å². The van der Waals surface area contributed by atoms with Gasteiger partial charge in [0.25, 0.3) is 0 Å². The van der Waals surface area contributed by atoms with Crippen molar-refractivity contribution in [3.8, 4) is 0 Å². The number of carbonyl (C=O) groups is 2. The number of amides is 2. The van der Waals surface area contributed by atoms with Crippen molar-refractivity contribution in [3.05, 3.63) is 39.0 Å². The number of carbonyl (C=O) groups excluding carboxylic acids is 2. The van der Waals surface area contributed by atoms with E-state index in [0.717, 1.165) is 15.4 Å². The van der Waals surface area contributed by atoms with Gasteiger partial charge in [-0.05, 0) is 17.5 Å². The molecule has 0 aliphatic carbocycles. The van der Waals surface area contributed by atoms with E-state index in [1.807, 2.05) is 23.6 Å². The number of hydrogen-bond donors (Lipinski definition) is 1. The molecule has 1 N–H and O–H groups in total. The fourth-order valence-electron chi connectivity index (χ4n) is 2.22. The second-order valence-electron chi connectivity index (χ2n) is 4.86. The van der Waals surface area contributed by atoms with Gasteiger partial charge < -0.3 is 9.64 Å². The van der Waals surface area contributed by atoms with Crippen molar-refractivity contribution < 1.29 is 14.3 Å². The lowest BCUT2D eigenvalue weighted by atomic mass is 10.2. The van der Waals surface area contributed by atoms with Gasteiger partial charge in [0.15, 0.2) is 5.13 Å². The maximum absolute atomic E-state index is 12.3. The van der Waals surface area contributed by atoms with E-state index in [9.17, 15) is 9.59 Å². The first-order valence-electron chi connectivity index (χ1n) is 7.00. The summed E-state index contributed by atoms with van der Waals surface area (Å²) in [6.07, 6.45) is 3.58. The Bertz CT molecular complexity index is 737. The predicted molar refractivity (Wildman–Crippen MR) is 90.6 cm³/mol. The molecule has 0 saturated heterocycles. The number of ether oxygens (including phenoxy) is 1. The topological polar surface area (TPSA) is 71.5 Å². The maximum atomic E-state index is 12.3. The molecule has 2 amide bonds. The van der Waals surface area contributed by atoms with Gasteiger partial charge in [0.05, 0.1) is 19.3 Å². The fourth-order valence-corrected chi connectivity index (χ4v) is 3.85. The van der Waals surface area contributed by atoms with Crippen LogP contribution in [0, 0.1) is 0 Å². The number of hydrogen-bond acceptors (Lipinski definition) is 6. The summed E-state index contributed by atoms with van der Waals surface area (Å²) < 4.78 is 4.56. The maximum Gasteiger partial charge on any atom is 0.413 e. The Hall–Kier alpha value is -2.19. The van der Waals surface area contributed by atoms with Gasteiger partial charge in [-0.25, -0.2) is 9.78 Å². The minimum atomic E-state index is -0.539. The Morgan fingerprint density at radius 1 is 1.48 bits per heavy atom. The van der Waals surface area contributed by atoms with Crippen molar-refractivity contribution in [2.24, 2.45) is 0 Å². The highest BCUT2D eigenvalue weighted by Gasteiger charge is 2.23. The van der Waals surface area contributed by atoms with Crippen molar-refractivity contribution in [1.29, 1.82) is 0 Å². The molecule has 3 heterocycles. The van der Waals surface area contributed by atoms with Gasteiger partial charge in [0, 0.05) is 28.8 Å². The van der Waals surface area contributed by atoms with Crippen LogP contribution in [0.1, 0.15) is 15.4 Å². The van der Waals surface area contributed by atoms with Crippen LogP contribution in [0.25, 0.3) is 6.08 Å². The molecule has 0 fully saturated rings. The summed E-state index contributed by atoms with van der Waals surface area (Å²) in [4.78, 5) is 31.7. The summed E-state index contributed by atoms with van der Waals surface area (Å²) in [6.45, 7) is 1.14. The van der Waals surface area contributed by atoms with Crippen LogP contribution < -0.4 is 5.32 Å². The van der Waals surface area contributed by atoms with E-state index in [0.29, 0.717) is 24.6 Å². The lowest BCUT2D eigenvalue weighted by Crippen LogP contribution is -2.34. The molecular weight excluding hydrogens is 334 g/mol. The van der Waals surface area contributed by atoms with Gasteiger partial charge in [0.1, 0.15) is 0 Å². The van der Waals surface area contributed by atoms with Crippen LogP contribution in [-0.2, 0) is 22.5 Å². The van der Waals surface area contributed by atoms with Gasteiger partial charge in [-0.1, -0.05) is 17.4 Å². The molecule has 0 bridgehead atoms. The van der Waals surface area contributed by atoms with Gasteiger partial charge >= 0.3 is 6.09 Å². The zero-order valence-corrected chi connectivity index (χ0v) is 14.1. The largest absolute Gasteiger partial charge is 0.453 e. The van der Waals surface area contributed by atoms with Gasteiger partial charge in [0.2, 0.25) is 5.91 Å². The number of nitrogens with zero attached hydrogens (tertiary/aromatic N) is 2. The molecule has 2 aromatic heterocycles. The molecule has 0 aromatic carbocycles. The fraction of sp³-hybridized carbons (Fsp3) is 0.267. The second kappa shape index (κ2) is 6.93. The number of nitrogens with one attached hydrogen (secondary N) is 1. The highest BCUT2D eigenvalue weighted by molar-refractivity contribution is 7.15. The molecule has 0 saturated carbocycles. The molecular formula is C15H15N3O3S2. The SMILES string of the molecule is COC(=O)Nc1nc2c(s1)CN(C(=O)/C=C/c1cccs1)CC2. The molecule has 1 aliphatic rings. The first kappa shape index (κ1) is 15.7. The minimum absolute atomic E-state index is 0.0140. The number of rotatable bonds is 3. The Kier molecular flexibility index (Phi) is 4.73. The number of fused-ring (bicyclic) bond motifs is 1. The van der Waals surface area contributed by atoms with Crippen molar-refractivity contribution in [2.75, 3.05) is 19.0 Å². The number of aromatic nitrogens is 1. The Balaban J connectivity index is 1.65. The molecule has 0 unspecified atom stereocenters. The summed E-state index contributed by atoms with van der Waals surface area (Å²) in [6, 6.07) is 3.92. The molecule has 120 valence electrons. The van der Waals surface area contributed by atoms with Crippen molar-refractivity contribution in [3.63, 3.8) is 0 Å². The third-order valence-corrected chi connectivity index (χ3v) is 5.21. The van der Waals surface area contributed by atoms with E-state index in [4.69, 9.17) is 0 Å². The molecule has 1 aliphatic heterocycles. The van der Waals surface area contributed by atoms with E-state index >= 15 is 0 Å². The Morgan fingerprint density at radius 3 is 3.09 bits per heavy atom. The number of thiophene rings is 1. The Labute approximate surface area is 141 Å². The first-order valence-corrected chi connectivity index (χ1v) is 8.69. The molecule has 8 heteroatoms. The average molecular weight is 349 g/mol. The van der Waals surface area contributed by atoms with Crippen molar-refractivity contribution >= 4 is 45.9 Å². The van der Waals surface area contributed by atoms with Crippen LogP contribution in [0.4, 0.5) is 9.93 Å². The molecule has 0 radical (unpaired) electrons. The normalized spacial score (nSPS) is 13.9. The van der Waals surface area contributed by atoms with E-state index in [-0.39, 0.29) is 5.91 Å². The van der Waals surface area contributed by atoms with Crippen molar-refractivity contribution in [2.45, 2.75) is 13.0 Å². The summed E-state index contributed by atoms with van der Waals surface area (Å²) >= 11 is 2.97. The lowest BCUT2D eigenvalue weighted by molar-refractivity contribution is -0.126. The molecule has 2 aromatic rings. The quantitative estimate of drug-likeness (QED) is 0.865. The third kappa shape index (κ3) is 3.77. The van der Waals surface area contributed by atoms with Crippen LogP contribution in [-0.4, -0.2) is 35.5 Å². The molecule has 3 rings (SSSR count). The predicted octanol–water partition coefficient (Wildman–Crippen LogP) is 2.98. The monoisotopic (exact) mass is 349 g/mol.